The normalized spacial score (nSPS) is 12.9. The van der Waals surface area contributed by atoms with Crippen LogP contribution in [0.4, 0.5) is 11.4 Å². The average Bonchev–Trinajstić information content (AvgIpc) is 3.56. The van der Waals surface area contributed by atoms with Gasteiger partial charge in [0.05, 0.1) is 49.1 Å². The molecule has 2 atom stereocenters. The van der Waals surface area contributed by atoms with Crippen molar-refractivity contribution in [3.05, 3.63) is 157 Å². The van der Waals surface area contributed by atoms with Crippen molar-refractivity contribution in [1.82, 2.24) is 4.57 Å². The number of rotatable bonds is 17. The van der Waals surface area contributed by atoms with Crippen molar-refractivity contribution < 1.29 is 10.2 Å². The highest BCUT2D eigenvalue weighted by Crippen LogP contribution is 2.32. The van der Waals surface area contributed by atoms with Crippen LogP contribution in [0.3, 0.4) is 0 Å². The zero-order valence-corrected chi connectivity index (χ0v) is 34.8. The molecule has 1 aromatic heterocycles. The lowest BCUT2D eigenvalue weighted by molar-refractivity contribution is 0.200. The maximum Gasteiger partial charge on any atom is 0.0830 e. The number of aryl methyl sites for hydroxylation is 1. The number of hydrogen-bond acceptors (Lipinski definition) is 9. The number of aromatic nitrogens is 1. The number of aliphatic hydroxyl groups is 2. The van der Waals surface area contributed by atoms with Crippen LogP contribution in [0.1, 0.15) is 25.0 Å². The highest BCUT2D eigenvalue weighted by molar-refractivity contribution is 8.00. The van der Waals surface area contributed by atoms with Crippen LogP contribution in [0.15, 0.2) is 175 Å². The molecular weight excluding hydrogens is 763 g/mol. The van der Waals surface area contributed by atoms with Crippen LogP contribution in [0.5, 0.6) is 0 Å². The first-order valence-electron chi connectivity index (χ1n) is 19.1. The summed E-state index contributed by atoms with van der Waals surface area (Å²) in [6.07, 6.45) is 4.69. The van der Waals surface area contributed by atoms with E-state index in [1.165, 1.54) is 14.7 Å². The molecule has 0 aliphatic rings. The van der Waals surface area contributed by atoms with Gasteiger partial charge in [0.2, 0.25) is 0 Å². The Hall–Kier alpha value is -4.97. The lowest BCUT2D eigenvalue weighted by atomic mass is 10.1. The molecule has 0 fully saturated rings. The van der Waals surface area contributed by atoms with Gasteiger partial charge in [-0.1, -0.05) is 60.3 Å². The summed E-state index contributed by atoms with van der Waals surface area (Å²) in [4.78, 5) is 4.78. The highest BCUT2D eigenvalue weighted by Gasteiger charge is 2.15. The molecular formula is C47H47N5O2S3. The second-order valence-electron chi connectivity index (χ2n) is 13.7. The third-order valence-corrected chi connectivity index (χ3v) is 12.3. The van der Waals surface area contributed by atoms with Gasteiger partial charge in [0.25, 0.3) is 0 Å². The summed E-state index contributed by atoms with van der Waals surface area (Å²) in [6.45, 7) is 5.51. The van der Waals surface area contributed by atoms with E-state index in [9.17, 15) is 10.2 Å². The van der Waals surface area contributed by atoms with E-state index >= 15 is 0 Å². The van der Waals surface area contributed by atoms with Crippen LogP contribution in [0.2, 0.25) is 0 Å². The smallest absolute Gasteiger partial charge is 0.0830 e. The summed E-state index contributed by atoms with van der Waals surface area (Å²) in [7, 11) is 0. The monoisotopic (exact) mass is 809 g/mol. The van der Waals surface area contributed by atoms with E-state index in [1.54, 1.807) is 42.2 Å². The average molecular weight is 810 g/mol. The quantitative estimate of drug-likeness (QED) is 0.0539. The minimum Gasteiger partial charge on any atom is -0.391 e. The second-order valence-corrected chi connectivity index (χ2v) is 16.8. The van der Waals surface area contributed by atoms with E-state index in [1.807, 2.05) is 83.1 Å². The SMILES string of the molecule is CCn1c2ccc(/C=N/N(CC(C)O)c3ccccc3)cc2c2cc(/C=N/N(CC(O)CSc3ccc(Sc4ccc(SC)cc4)cc3)c3ccccc3)ccc21. The van der Waals surface area contributed by atoms with Crippen LogP contribution in [0.25, 0.3) is 21.8 Å². The minimum absolute atomic E-state index is 0.350. The zero-order chi connectivity index (χ0) is 39.6. The Balaban J connectivity index is 1.07. The Morgan fingerprint density at radius 2 is 1.09 bits per heavy atom. The molecule has 0 saturated carbocycles. The Bertz CT molecular complexity index is 2420. The van der Waals surface area contributed by atoms with Crippen molar-refractivity contribution in [3.8, 4) is 0 Å². The van der Waals surface area contributed by atoms with Crippen molar-refractivity contribution in [2.75, 3.05) is 35.1 Å². The Kier molecular flexibility index (Phi) is 13.7. The summed E-state index contributed by atoms with van der Waals surface area (Å²) < 4.78 is 2.33. The summed E-state index contributed by atoms with van der Waals surface area (Å²) in [5, 5.41) is 37.1. The first kappa shape index (κ1) is 40.2. The molecule has 7 aromatic rings. The number of fused-ring (bicyclic) bond motifs is 3. The van der Waals surface area contributed by atoms with Gasteiger partial charge >= 0.3 is 0 Å². The van der Waals surface area contributed by atoms with Crippen LogP contribution >= 0.6 is 35.3 Å². The third-order valence-electron chi connectivity index (χ3n) is 9.41. The maximum atomic E-state index is 11.3. The maximum absolute atomic E-state index is 11.3. The number of nitrogens with zero attached hydrogens (tertiary/aromatic N) is 5. The second kappa shape index (κ2) is 19.5. The zero-order valence-electron chi connectivity index (χ0n) is 32.3. The van der Waals surface area contributed by atoms with Crippen molar-refractivity contribution in [2.24, 2.45) is 10.2 Å². The van der Waals surface area contributed by atoms with Crippen LogP contribution in [-0.2, 0) is 6.54 Å². The Morgan fingerprint density at radius 3 is 1.56 bits per heavy atom. The fourth-order valence-electron chi connectivity index (χ4n) is 6.63. The van der Waals surface area contributed by atoms with Gasteiger partial charge in [0, 0.05) is 53.7 Å². The number of benzene rings is 6. The van der Waals surface area contributed by atoms with Crippen molar-refractivity contribution in [3.63, 3.8) is 0 Å². The molecule has 6 aromatic carbocycles. The predicted molar refractivity (Wildman–Crippen MR) is 245 cm³/mol. The summed E-state index contributed by atoms with van der Waals surface area (Å²) in [5.74, 6) is 0.539. The van der Waals surface area contributed by atoms with Crippen molar-refractivity contribution in [1.29, 1.82) is 0 Å². The molecule has 1 heterocycles. The largest absolute Gasteiger partial charge is 0.391 e. The van der Waals surface area contributed by atoms with Gasteiger partial charge in [-0.2, -0.15) is 10.2 Å². The number of anilines is 2. The van der Waals surface area contributed by atoms with Crippen LogP contribution in [-0.4, -0.2) is 64.5 Å². The van der Waals surface area contributed by atoms with E-state index in [4.69, 9.17) is 10.2 Å². The van der Waals surface area contributed by atoms with E-state index in [-0.39, 0.29) is 0 Å². The summed E-state index contributed by atoms with van der Waals surface area (Å²) >= 11 is 5.15. The molecule has 2 N–H and O–H groups in total. The van der Waals surface area contributed by atoms with E-state index in [2.05, 4.69) is 103 Å². The third kappa shape index (κ3) is 10.5. The van der Waals surface area contributed by atoms with Gasteiger partial charge in [0.15, 0.2) is 0 Å². The molecule has 0 spiro atoms. The fourth-order valence-corrected chi connectivity index (χ4v) is 8.67. The van der Waals surface area contributed by atoms with E-state index in [0.29, 0.717) is 18.8 Å². The molecule has 2 unspecified atom stereocenters. The number of hydrazone groups is 2. The van der Waals surface area contributed by atoms with Gasteiger partial charge in [-0.15, -0.1) is 23.5 Å². The molecule has 7 rings (SSSR count). The van der Waals surface area contributed by atoms with E-state index in [0.717, 1.165) is 55.7 Å². The highest BCUT2D eigenvalue weighted by atomic mass is 32.2. The molecule has 57 heavy (non-hydrogen) atoms. The molecule has 290 valence electrons. The minimum atomic E-state index is -0.611. The van der Waals surface area contributed by atoms with Gasteiger partial charge in [-0.25, -0.2) is 0 Å². The molecule has 0 radical (unpaired) electrons. The molecule has 7 nitrogen and oxygen atoms in total. The standard InChI is InChI=1S/C47H47N5O2S3/c1-4-50-46-25-15-35(29-48-51(31-34(2)53)37-11-7-5-8-12-37)27-44(46)45-28-36(16-26-47(45)50)30-49-52(38-13-9-6-10-14-38)32-39(54)33-56-41-19-23-43(24-20-41)57-42-21-17-40(55-3)18-22-42/h5-30,34,39,53-54H,4,31-33H2,1-3H3/b48-29+,49-30+. The van der Waals surface area contributed by atoms with Crippen LogP contribution < -0.4 is 10.0 Å². The first-order chi connectivity index (χ1) is 27.9. The van der Waals surface area contributed by atoms with Crippen molar-refractivity contribution >= 4 is 80.9 Å². The Labute approximate surface area is 348 Å². The fraction of sp³-hybridized carbons (Fsp3) is 0.191. The molecule has 0 aliphatic carbocycles. The molecule has 10 heteroatoms. The van der Waals surface area contributed by atoms with Gasteiger partial charge < -0.3 is 14.8 Å². The van der Waals surface area contributed by atoms with Gasteiger partial charge in [-0.05, 0) is 128 Å². The molecule has 0 bridgehead atoms. The Morgan fingerprint density at radius 1 is 0.614 bits per heavy atom. The number of para-hydroxylation sites is 2. The van der Waals surface area contributed by atoms with Crippen LogP contribution in [0, 0.1) is 0 Å². The molecule has 0 saturated heterocycles. The number of aliphatic hydroxyl groups excluding tert-OH is 2. The number of thioether (sulfide) groups is 2. The van der Waals surface area contributed by atoms with Crippen molar-refractivity contribution in [2.45, 2.75) is 52.2 Å². The summed E-state index contributed by atoms with van der Waals surface area (Å²) in [5.41, 5.74) is 6.08. The number of hydrogen-bond donors (Lipinski definition) is 2. The van der Waals surface area contributed by atoms with Gasteiger partial charge in [-0.3, -0.25) is 10.0 Å². The van der Waals surface area contributed by atoms with E-state index < -0.39 is 12.2 Å². The predicted octanol–water partition coefficient (Wildman–Crippen LogP) is 10.9. The van der Waals surface area contributed by atoms with Gasteiger partial charge in [0.1, 0.15) is 0 Å². The topological polar surface area (TPSA) is 76.6 Å². The summed E-state index contributed by atoms with van der Waals surface area (Å²) in [6, 6.07) is 50.0. The molecule has 0 amide bonds. The lowest BCUT2D eigenvalue weighted by Crippen LogP contribution is -2.30. The lowest BCUT2D eigenvalue weighted by Gasteiger charge is -2.22. The molecule has 0 aliphatic heterocycles. The first-order valence-corrected chi connectivity index (χ1v) is 22.1.